The van der Waals surface area contributed by atoms with Crippen molar-refractivity contribution >= 4 is 45.8 Å². The van der Waals surface area contributed by atoms with Gasteiger partial charge in [0.1, 0.15) is 0 Å². The Morgan fingerprint density at radius 1 is 1.24 bits per heavy atom. The van der Waals surface area contributed by atoms with Gasteiger partial charge >= 0.3 is 5.97 Å². The van der Waals surface area contributed by atoms with Gasteiger partial charge in [0.15, 0.2) is 0 Å². The number of ether oxygens (including phenoxy) is 1. The molecule has 0 saturated carbocycles. The zero-order valence-electron chi connectivity index (χ0n) is 13.6. The number of carbonyl (C=O) groups excluding carboxylic acids is 2. The lowest BCUT2D eigenvalue weighted by Gasteiger charge is -2.02. The Morgan fingerprint density at radius 2 is 2.00 bits per heavy atom. The van der Waals surface area contributed by atoms with Crippen LogP contribution in [0.4, 0.5) is 0 Å². The molecule has 7 heteroatoms. The van der Waals surface area contributed by atoms with Gasteiger partial charge in [-0.15, -0.1) is 11.8 Å². The number of carbonyl (C=O) groups is 2. The highest BCUT2D eigenvalue weighted by Crippen LogP contribution is 2.16. The second-order valence-corrected chi connectivity index (χ2v) is 6.93. The normalized spacial score (nSPS) is 10.6. The molecule has 0 aliphatic heterocycles. The molecule has 0 aromatic heterocycles. The fourth-order valence-corrected chi connectivity index (χ4v) is 3.14. The molecular weight excluding hydrogens is 404 g/mol. The maximum atomic E-state index is 11.8. The minimum Gasteiger partial charge on any atom is -0.465 e. The second-order valence-electron chi connectivity index (χ2n) is 5.03. The fourth-order valence-electron chi connectivity index (χ4n) is 1.92. The number of rotatable bonds is 7. The average Bonchev–Trinajstić information content (AvgIpc) is 2.62. The molecule has 1 amide bonds. The van der Waals surface area contributed by atoms with E-state index in [0.29, 0.717) is 11.3 Å². The minimum absolute atomic E-state index is 0.164. The number of amides is 1. The van der Waals surface area contributed by atoms with Crippen LogP contribution in [0.25, 0.3) is 0 Å². The number of esters is 1. The Balaban J connectivity index is 1.73. The topological polar surface area (TPSA) is 67.8 Å². The van der Waals surface area contributed by atoms with Crippen LogP contribution in [0.1, 0.15) is 21.5 Å². The van der Waals surface area contributed by atoms with Crippen molar-refractivity contribution in [1.82, 2.24) is 5.43 Å². The highest BCUT2D eigenvalue weighted by Gasteiger charge is 2.04. The molecule has 0 saturated heterocycles. The summed E-state index contributed by atoms with van der Waals surface area (Å²) in [5.74, 6) is 0.526. The summed E-state index contributed by atoms with van der Waals surface area (Å²) in [5.41, 5.74) is 4.88. The van der Waals surface area contributed by atoms with Crippen molar-refractivity contribution in [3.8, 4) is 0 Å². The molecule has 0 aliphatic rings. The number of benzene rings is 2. The lowest BCUT2D eigenvalue weighted by Crippen LogP contribution is -2.19. The van der Waals surface area contributed by atoms with Crippen molar-refractivity contribution in [2.45, 2.75) is 5.75 Å². The smallest absolute Gasteiger partial charge is 0.337 e. The number of hydrogen-bond donors (Lipinski definition) is 1. The summed E-state index contributed by atoms with van der Waals surface area (Å²) in [5, 5.41) is 3.91. The standard InChI is InChI=1S/C18H17BrN2O3S/c1-24-18(23)15-7-5-13(6-8-15)10-20-21-17(22)12-25-11-14-3-2-4-16(19)9-14/h2-10H,11-12H2,1H3,(H,21,22)/b20-10-. The number of nitrogens with zero attached hydrogens (tertiary/aromatic N) is 1. The van der Waals surface area contributed by atoms with E-state index in [9.17, 15) is 9.59 Å². The van der Waals surface area contributed by atoms with E-state index >= 15 is 0 Å². The third kappa shape index (κ3) is 6.72. The SMILES string of the molecule is COC(=O)c1ccc(/C=N\NC(=O)CSCc2cccc(Br)c2)cc1. The van der Waals surface area contributed by atoms with Gasteiger partial charge in [0.05, 0.1) is 24.6 Å². The molecule has 0 unspecified atom stereocenters. The maximum absolute atomic E-state index is 11.8. The Bertz CT molecular complexity index is 763. The molecule has 0 spiro atoms. The van der Waals surface area contributed by atoms with Crippen molar-refractivity contribution in [2.24, 2.45) is 5.10 Å². The Kier molecular flexibility index (Phi) is 7.69. The molecule has 5 nitrogen and oxygen atoms in total. The van der Waals surface area contributed by atoms with E-state index in [-0.39, 0.29) is 11.9 Å². The first-order valence-corrected chi connectivity index (χ1v) is 9.35. The van der Waals surface area contributed by atoms with E-state index < -0.39 is 0 Å². The average molecular weight is 421 g/mol. The monoisotopic (exact) mass is 420 g/mol. The van der Waals surface area contributed by atoms with Crippen LogP contribution < -0.4 is 5.43 Å². The van der Waals surface area contributed by atoms with Crippen LogP contribution in [0.3, 0.4) is 0 Å². The quantitative estimate of drug-likeness (QED) is 0.421. The first-order chi connectivity index (χ1) is 12.1. The second kappa shape index (κ2) is 10.0. The van der Waals surface area contributed by atoms with E-state index in [1.165, 1.54) is 25.1 Å². The van der Waals surface area contributed by atoms with Gasteiger partial charge < -0.3 is 4.74 Å². The molecule has 2 aromatic rings. The number of hydrazone groups is 1. The Labute approximate surface area is 159 Å². The largest absolute Gasteiger partial charge is 0.465 e. The summed E-state index contributed by atoms with van der Waals surface area (Å²) < 4.78 is 5.66. The number of hydrogen-bond acceptors (Lipinski definition) is 5. The van der Waals surface area contributed by atoms with Gasteiger partial charge in [-0.05, 0) is 35.4 Å². The van der Waals surface area contributed by atoms with Crippen molar-refractivity contribution in [3.63, 3.8) is 0 Å². The van der Waals surface area contributed by atoms with E-state index in [0.717, 1.165) is 21.4 Å². The fraction of sp³-hybridized carbons (Fsp3) is 0.167. The van der Waals surface area contributed by atoms with Crippen LogP contribution in [0.2, 0.25) is 0 Å². The number of thioether (sulfide) groups is 1. The molecule has 2 aromatic carbocycles. The molecule has 0 radical (unpaired) electrons. The van der Waals surface area contributed by atoms with Crippen LogP contribution in [0.5, 0.6) is 0 Å². The maximum Gasteiger partial charge on any atom is 0.337 e. The summed E-state index contributed by atoms with van der Waals surface area (Å²) >= 11 is 4.94. The summed E-state index contributed by atoms with van der Waals surface area (Å²) in [7, 11) is 1.34. The van der Waals surface area contributed by atoms with Crippen molar-refractivity contribution in [3.05, 3.63) is 69.7 Å². The molecule has 1 N–H and O–H groups in total. The molecular formula is C18H17BrN2O3S. The molecule has 0 bridgehead atoms. The lowest BCUT2D eigenvalue weighted by atomic mass is 10.1. The lowest BCUT2D eigenvalue weighted by molar-refractivity contribution is -0.118. The summed E-state index contributed by atoms with van der Waals surface area (Å²) in [6, 6.07) is 14.7. The third-order valence-corrected chi connectivity index (χ3v) is 4.62. The van der Waals surface area contributed by atoms with E-state index in [4.69, 9.17) is 0 Å². The molecule has 2 rings (SSSR count). The summed E-state index contributed by atoms with van der Waals surface area (Å²) in [6.07, 6.45) is 1.53. The zero-order chi connectivity index (χ0) is 18.1. The van der Waals surface area contributed by atoms with Gasteiger partial charge in [-0.1, -0.05) is 40.2 Å². The third-order valence-electron chi connectivity index (χ3n) is 3.13. The van der Waals surface area contributed by atoms with Crippen LogP contribution in [0.15, 0.2) is 58.1 Å². The Hall–Kier alpha value is -2.12. The molecule has 130 valence electrons. The van der Waals surface area contributed by atoms with Crippen LogP contribution in [0, 0.1) is 0 Å². The van der Waals surface area contributed by atoms with Gasteiger partial charge in [0, 0.05) is 10.2 Å². The summed E-state index contributed by atoms with van der Waals surface area (Å²) in [6.45, 7) is 0. The molecule has 0 heterocycles. The van der Waals surface area contributed by atoms with Crippen LogP contribution in [-0.2, 0) is 15.3 Å². The predicted octanol–water partition coefficient (Wildman–Crippen LogP) is 3.62. The van der Waals surface area contributed by atoms with Gasteiger partial charge in [-0.3, -0.25) is 4.79 Å². The highest BCUT2D eigenvalue weighted by molar-refractivity contribution is 9.10. The predicted molar refractivity (Wildman–Crippen MR) is 104 cm³/mol. The van der Waals surface area contributed by atoms with E-state index in [1.54, 1.807) is 24.3 Å². The van der Waals surface area contributed by atoms with Gasteiger partial charge in [-0.25, -0.2) is 10.2 Å². The Morgan fingerprint density at radius 3 is 2.68 bits per heavy atom. The van der Waals surface area contributed by atoms with Gasteiger partial charge in [0.25, 0.3) is 0 Å². The van der Waals surface area contributed by atoms with Crippen LogP contribution in [-0.4, -0.2) is 31.0 Å². The molecule has 0 aliphatic carbocycles. The van der Waals surface area contributed by atoms with E-state index in [1.807, 2.05) is 24.3 Å². The first kappa shape index (κ1) is 19.2. The molecule has 0 atom stereocenters. The first-order valence-electron chi connectivity index (χ1n) is 7.41. The summed E-state index contributed by atoms with van der Waals surface area (Å²) in [4.78, 5) is 23.1. The molecule has 0 fully saturated rings. The van der Waals surface area contributed by atoms with Gasteiger partial charge in [-0.2, -0.15) is 5.10 Å². The minimum atomic E-state index is -0.390. The van der Waals surface area contributed by atoms with Crippen molar-refractivity contribution in [2.75, 3.05) is 12.9 Å². The molecule has 25 heavy (non-hydrogen) atoms. The van der Waals surface area contributed by atoms with Crippen molar-refractivity contribution in [1.29, 1.82) is 0 Å². The zero-order valence-corrected chi connectivity index (χ0v) is 16.0. The number of halogens is 1. The van der Waals surface area contributed by atoms with Gasteiger partial charge in [0.2, 0.25) is 5.91 Å². The van der Waals surface area contributed by atoms with Crippen LogP contribution >= 0.6 is 27.7 Å². The van der Waals surface area contributed by atoms with E-state index in [2.05, 4.69) is 31.2 Å². The number of nitrogens with one attached hydrogen (secondary N) is 1. The number of methoxy groups -OCH3 is 1. The van der Waals surface area contributed by atoms with Crippen molar-refractivity contribution < 1.29 is 14.3 Å². The highest BCUT2D eigenvalue weighted by atomic mass is 79.9.